The molecule has 3 aliphatic rings. The number of rotatable bonds is 2. The molecule has 0 bridgehead atoms. The van der Waals surface area contributed by atoms with Crippen LogP contribution in [0.2, 0.25) is 0 Å². The van der Waals surface area contributed by atoms with Crippen molar-refractivity contribution >= 4 is 5.97 Å². The number of cyclic esters (lactones) is 1. The molecule has 0 aromatic carbocycles. The molecule has 0 N–H and O–H groups in total. The first-order chi connectivity index (χ1) is 14.0. The fraction of sp³-hybridized carbons (Fsp3) is 0.852. The topological polar surface area (TPSA) is 59.3 Å². The summed E-state index contributed by atoms with van der Waals surface area (Å²) in [7, 11) is 0. The molecule has 31 heavy (non-hydrogen) atoms. The van der Waals surface area contributed by atoms with E-state index < -0.39 is 0 Å². The lowest BCUT2D eigenvalue weighted by Gasteiger charge is -2.49. The first kappa shape index (κ1) is 27.5. The highest BCUT2D eigenvalue weighted by molar-refractivity contribution is 5.74. The number of terminal acetylenes is 1. The van der Waals surface area contributed by atoms with E-state index in [1.165, 1.54) is 19.3 Å². The monoisotopic (exact) mass is 431 g/mol. The van der Waals surface area contributed by atoms with Crippen LogP contribution in [0.3, 0.4) is 0 Å². The van der Waals surface area contributed by atoms with Gasteiger partial charge in [-0.25, -0.2) is 0 Å². The Kier molecular flexibility index (Phi) is 8.84. The standard InChI is InChI=1S/C10H16.C9H15NO.C8H14O2/c1-5-10(6-7-10)8-9(2,3)4;1-8(2,3)9(4-5-10)6-11-7-9;1-8(2,3)6-4-5-10-7(6)9/h1H,6-8H2,2-4H3;4,6-7H2,1-3H3;6H,4-5H2,1-3H3. The molecular weight excluding hydrogens is 386 g/mol. The van der Waals surface area contributed by atoms with Crippen molar-refractivity contribution in [2.45, 2.75) is 94.4 Å². The van der Waals surface area contributed by atoms with Gasteiger partial charge in [0.05, 0.1) is 31.8 Å². The highest BCUT2D eigenvalue weighted by atomic mass is 16.5. The summed E-state index contributed by atoms with van der Waals surface area (Å²) in [5.41, 5.74) is 1.11. The summed E-state index contributed by atoms with van der Waals surface area (Å²) in [5, 5.41) is 8.62. The van der Waals surface area contributed by atoms with Crippen LogP contribution >= 0.6 is 0 Å². The third-order valence-corrected chi connectivity index (χ3v) is 6.77. The van der Waals surface area contributed by atoms with Gasteiger partial charge in [0.2, 0.25) is 0 Å². The van der Waals surface area contributed by atoms with Crippen LogP contribution < -0.4 is 0 Å². The number of ether oxygens (including phenoxy) is 2. The number of nitrogens with zero attached hydrogens (tertiary/aromatic N) is 1. The molecule has 4 nitrogen and oxygen atoms in total. The second-order valence-electron chi connectivity index (χ2n) is 12.9. The van der Waals surface area contributed by atoms with Gasteiger partial charge in [0, 0.05) is 17.3 Å². The van der Waals surface area contributed by atoms with E-state index in [-0.39, 0.29) is 28.1 Å². The van der Waals surface area contributed by atoms with E-state index in [2.05, 4.69) is 74.3 Å². The summed E-state index contributed by atoms with van der Waals surface area (Å²) in [6.45, 7) is 21.6. The molecule has 0 amide bonds. The van der Waals surface area contributed by atoms with Gasteiger partial charge in [0.15, 0.2) is 0 Å². The molecule has 0 radical (unpaired) electrons. The predicted molar refractivity (Wildman–Crippen MR) is 126 cm³/mol. The Labute approximate surface area is 191 Å². The molecule has 1 aliphatic carbocycles. The molecule has 1 unspecified atom stereocenters. The summed E-state index contributed by atoms with van der Waals surface area (Å²) in [4.78, 5) is 11.0. The number of hydrogen-bond acceptors (Lipinski definition) is 4. The van der Waals surface area contributed by atoms with Crippen molar-refractivity contribution in [3.8, 4) is 18.4 Å². The van der Waals surface area contributed by atoms with Crippen molar-refractivity contribution in [1.29, 1.82) is 5.26 Å². The minimum atomic E-state index is -0.0208. The van der Waals surface area contributed by atoms with E-state index in [1.54, 1.807) is 0 Å². The Morgan fingerprint density at radius 3 is 1.74 bits per heavy atom. The highest BCUT2D eigenvalue weighted by Crippen LogP contribution is 2.52. The van der Waals surface area contributed by atoms with Crippen LogP contribution in [0.15, 0.2) is 0 Å². The van der Waals surface area contributed by atoms with E-state index in [4.69, 9.17) is 21.2 Å². The molecule has 3 rings (SSSR count). The molecule has 2 saturated heterocycles. The van der Waals surface area contributed by atoms with Crippen molar-refractivity contribution in [3.63, 3.8) is 0 Å². The third-order valence-electron chi connectivity index (χ3n) is 6.77. The smallest absolute Gasteiger partial charge is 0.309 e. The summed E-state index contributed by atoms with van der Waals surface area (Å²) in [5.74, 6) is 3.01. The van der Waals surface area contributed by atoms with Crippen LogP contribution in [-0.4, -0.2) is 25.8 Å². The fourth-order valence-electron chi connectivity index (χ4n) is 4.12. The zero-order valence-corrected chi connectivity index (χ0v) is 21.5. The minimum absolute atomic E-state index is 0.0208. The molecule has 4 heteroatoms. The van der Waals surface area contributed by atoms with E-state index in [1.807, 2.05) is 0 Å². The lowest BCUT2D eigenvalue weighted by Crippen LogP contribution is -2.51. The van der Waals surface area contributed by atoms with Crippen LogP contribution in [0.1, 0.15) is 94.4 Å². The minimum Gasteiger partial charge on any atom is -0.465 e. The number of carbonyl (C=O) groups is 1. The SMILES string of the molecule is C#CC1(CC(C)(C)C)CC1.CC(C)(C)C1(CC#N)COC1.CC(C)(C)C1CCOC1=O. The number of esters is 1. The summed E-state index contributed by atoms with van der Waals surface area (Å²) < 4.78 is 10.0. The van der Waals surface area contributed by atoms with Crippen molar-refractivity contribution < 1.29 is 14.3 Å². The number of nitriles is 1. The molecule has 1 saturated carbocycles. The lowest BCUT2D eigenvalue weighted by atomic mass is 9.63. The van der Waals surface area contributed by atoms with Gasteiger partial charge in [0.1, 0.15) is 0 Å². The molecule has 176 valence electrons. The molecular formula is C27H45NO3. The predicted octanol–water partition coefficient (Wildman–Crippen LogP) is 6.39. The normalized spacial score (nSPS) is 23.5. The van der Waals surface area contributed by atoms with Gasteiger partial charge < -0.3 is 9.47 Å². The Balaban J connectivity index is 0.000000233. The molecule has 2 aliphatic heterocycles. The van der Waals surface area contributed by atoms with Crippen LogP contribution in [0.4, 0.5) is 0 Å². The maximum atomic E-state index is 11.0. The lowest BCUT2D eigenvalue weighted by molar-refractivity contribution is -0.167. The summed E-state index contributed by atoms with van der Waals surface area (Å²) in [6, 6.07) is 2.24. The van der Waals surface area contributed by atoms with Gasteiger partial charge in [-0.1, -0.05) is 68.2 Å². The van der Waals surface area contributed by atoms with E-state index in [0.717, 1.165) is 19.6 Å². The number of hydrogen-bond donors (Lipinski definition) is 0. The maximum Gasteiger partial charge on any atom is 0.309 e. The third kappa shape index (κ3) is 8.16. The van der Waals surface area contributed by atoms with Gasteiger partial charge in [0.25, 0.3) is 0 Å². The van der Waals surface area contributed by atoms with Gasteiger partial charge in [-0.2, -0.15) is 5.26 Å². The molecule has 0 spiro atoms. The van der Waals surface area contributed by atoms with Crippen molar-refractivity contribution in [1.82, 2.24) is 0 Å². The average Bonchev–Trinajstić information content (AvgIpc) is 3.17. The van der Waals surface area contributed by atoms with Gasteiger partial charge in [-0.15, -0.1) is 6.42 Å². The van der Waals surface area contributed by atoms with E-state index in [0.29, 0.717) is 23.9 Å². The zero-order chi connectivity index (χ0) is 24.1. The van der Waals surface area contributed by atoms with Gasteiger partial charge in [-0.3, -0.25) is 4.79 Å². The van der Waals surface area contributed by atoms with Crippen LogP contribution in [0.5, 0.6) is 0 Å². The molecule has 0 aromatic rings. The highest BCUT2D eigenvalue weighted by Gasteiger charge is 2.48. The van der Waals surface area contributed by atoms with Crippen LogP contribution in [0.25, 0.3) is 0 Å². The Hall–Kier alpha value is -1.52. The van der Waals surface area contributed by atoms with Crippen molar-refractivity contribution in [2.75, 3.05) is 19.8 Å². The first-order valence-corrected chi connectivity index (χ1v) is 11.6. The Bertz CT molecular complexity index is 680. The molecule has 2 heterocycles. The first-order valence-electron chi connectivity index (χ1n) is 11.6. The molecule has 1 atom stereocenters. The quantitative estimate of drug-likeness (QED) is 0.375. The maximum absolute atomic E-state index is 11.0. The molecule has 3 fully saturated rings. The average molecular weight is 432 g/mol. The van der Waals surface area contributed by atoms with Crippen LogP contribution in [-0.2, 0) is 14.3 Å². The Morgan fingerprint density at radius 1 is 1.06 bits per heavy atom. The van der Waals surface area contributed by atoms with E-state index >= 15 is 0 Å². The largest absolute Gasteiger partial charge is 0.465 e. The van der Waals surface area contributed by atoms with Crippen molar-refractivity contribution in [2.24, 2.45) is 33.0 Å². The second-order valence-corrected chi connectivity index (χ2v) is 12.9. The Morgan fingerprint density at radius 2 is 1.61 bits per heavy atom. The second kappa shape index (κ2) is 9.95. The van der Waals surface area contributed by atoms with Gasteiger partial charge >= 0.3 is 5.97 Å². The summed E-state index contributed by atoms with van der Waals surface area (Å²) in [6.07, 6.45) is 10.6. The van der Waals surface area contributed by atoms with E-state index in [9.17, 15) is 4.79 Å². The fourth-order valence-corrected chi connectivity index (χ4v) is 4.12. The zero-order valence-electron chi connectivity index (χ0n) is 21.5. The molecule has 0 aromatic heterocycles. The van der Waals surface area contributed by atoms with Crippen LogP contribution in [0, 0.1) is 56.7 Å². The summed E-state index contributed by atoms with van der Waals surface area (Å²) >= 11 is 0. The number of carbonyl (C=O) groups excluding carboxylic acids is 1. The van der Waals surface area contributed by atoms with Gasteiger partial charge in [-0.05, 0) is 41.9 Å². The van der Waals surface area contributed by atoms with Crippen molar-refractivity contribution in [3.05, 3.63) is 0 Å².